The number of hydrogen-bond acceptors (Lipinski definition) is 7. The minimum absolute atomic E-state index is 0.571. The van der Waals surface area contributed by atoms with Gasteiger partial charge in [0, 0.05) is 89.1 Å². The molecule has 18 aromatic rings. The highest BCUT2D eigenvalue weighted by Gasteiger charge is 2.22. The summed E-state index contributed by atoms with van der Waals surface area (Å²) in [6.07, 6.45) is 3.52. The summed E-state index contributed by atoms with van der Waals surface area (Å²) in [5, 5.41) is 9.54. The van der Waals surface area contributed by atoms with Gasteiger partial charge in [-0.1, -0.05) is 200 Å². The molecule has 412 valence electrons. The van der Waals surface area contributed by atoms with Crippen LogP contribution in [0.1, 0.15) is 0 Å². The standard InChI is InChI=1S/C39H25N5.C38H24N6/c1-3-13-26(14-4-1)37-40-38(27-15-5-2-6-16-27)42-39(41-37)44-35-22-12-9-19-31(35)32-25-28(23-24-36(32)44)43-33-20-10-7-17-29(33)30-18-8-11-21-34(30)43;1-2-10-25(11-3-1)36-40-37(26-20-22-39-23-21-26)42-38(41-36)44-34-17-9-6-14-30(34)31-24-27(18-19-35(31)44)43-32-15-7-4-12-28(32)29-13-5-8-16-33(29)43/h1-25H;1-24H. The molecule has 0 unspecified atom stereocenters. The summed E-state index contributed by atoms with van der Waals surface area (Å²) in [6, 6.07) is 98.9. The monoisotopic (exact) mass is 1130 g/mol. The fourth-order valence-corrected chi connectivity index (χ4v) is 12.7. The van der Waals surface area contributed by atoms with Crippen LogP contribution in [-0.2, 0) is 0 Å². The number of para-hydroxylation sites is 6. The van der Waals surface area contributed by atoms with Gasteiger partial charge in [0.25, 0.3) is 0 Å². The van der Waals surface area contributed by atoms with Gasteiger partial charge in [-0.15, -0.1) is 0 Å². The van der Waals surface area contributed by atoms with Crippen molar-refractivity contribution in [1.29, 1.82) is 0 Å². The first kappa shape index (κ1) is 50.3. The van der Waals surface area contributed by atoms with Crippen LogP contribution in [-0.4, -0.2) is 53.2 Å². The van der Waals surface area contributed by atoms with Gasteiger partial charge < -0.3 is 9.13 Å². The smallest absolute Gasteiger partial charge is 0.238 e. The molecule has 7 heterocycles. The Morgan fingerprint density at radius 2 is 0.443 bits per heavy atom. The Bertz CT molecular complexity index is 5120. The number of hydrogen-bond donors (Lipinski definition) is 0. The molecule has 0 atom stereocenters. The first-order valence-electron chi connectivity index (χ1n) is 29.3. The van der Waals surface area contributed by atoms with E-state index in [9.17, 15) is 0 Å². The predicted octanol–water partition coefficient (Wildman–Crippen LogP) is 18.2. The van der Waals surface area contributed by atoms with Crippen LogP contribution in [0.5, 0.6) is 0 Å². The second kappa shape index (κ2) is 20.8. The normalized spacial score (nSPS) is 11.6. The summed E-state index contributed by atoms with van der Waals surface area (Å²) < 4.78 is 9.04. The zero-order valence-electron chi connectivity index (χ0n) is 47.2. The highest BCUT2D eigenvalue weighted by atomic mass is 15.2. The molecule has 11 nitrogen and oxygen atoms in total. The topological polar surface area (TPSA) is 110 Å². The van der Waals surface area contributed by atoms with E-state index in [0.717, 1.165) is 77.2 Å². The minimum Gasteiger partial charge on any atom is -0.309 e. The summed E-state index contributed by atoms with van der Waals surface area (Å²) in [7, 11) is 0. The number of nitrogens with zero attached hydrogens (tertiary/aromatic N) is 11. The number of pyridine rings is 1. The summed E-state index contributed by atoms with van der Waals surface area (Å²) in [5.74, 6) is 3.67. The van der Waals surface area contributed by atoms with Crippen LogP contribution in [0.25, 0.3) is 156 Å². The Kier molecular flexibility index (Phi) is 11.9. The number of rotatable bonds is 8. The molecule has 0 aliphatic heterocycles. The summed E-state index contributed by atoms with van der Waals surface area (Å²) in [6.45, 7) is 0. The fraction of sp³-hybridized carbons (Fsp3) is 0. The SMILES string of the molecule is c1ccc(-c2nc(-c3ccccc3)nc(-n3c4ccccc4c4cc(-n5c6ccccc6c6ccccc65)ccc43)n2)cc1.c1ccc(-c2nc(-c3ccncc3)nc(-n3c4ccccc4c4cc(-n5c6ccccc6c6ccccc65)ccc43)n2)cc1. The van der Waals surface area contributed by atoms with Gasteiger partial charge in [-0.3, -0.25) is 14.1 Å². The van der Waals surface area contributed by atoms with Crippen LogP contribution in [0.2, 0.25) is 0 Å². The van der Waals surface area contributed by atoms with E-state index < -0.39 is 0 Å². The molecular weight excluding hydrogens is 1080 g/mol. The molecular formula is C77H49N11. The van der Waals surface area contributed by atoms with Crippen molar-refractivity contribution < 1.29 is 0 Å². The minimum atomic E-state index is 0.571. The third kappa shape index (κ3) is 8.40. The van der Waals surface area contributed by atoms with Crippen LogP contribution < -0.4 is 0 Å². The molecule has 0 fully saturated rings. The Balaban J connectivity index is 0.000000137. The fourth-order valence-electron chi connectivity index (χ4n) is 12.7. The number of aromatic nitrogens is 11. The van der Waals surface area contributed by atoms with E-state index in [1.807, 2.05) is 103 Å². The van der Waals surface area contributed by atoms with Gasteiger partial charge in [0.15, 0.2) is 23.3 Å². The van der Waals surface area contributed by atoms with Gasteiger partial charge in [0.2, 0.25) is 11.9 Å². The predicted molar refractivity (Wildman–Crippen MR) is 357 cm³/mol. The molecule has 18 rings (SSSR count). The molecule has 0 aliphatic rings. The first-order valence-corrected chi connectivity index (χ1v) is 29.3. The third-order valence-electron chi connectivity index (χ3n) is 16.7. The maximum absolute atomic E-state index is 5.06. The summed E-state index contributed by atoms with van der Waals surface area (Å²) in [4.78, 5) is 34.2. The van der Waals surface area contributed by atoms with Crippen molar-refractivity contribution in [1.82, 2.24) is 53.2 Å². The summed E-state index contributed by atoms with van der Waals surface area (Å²) >= 11 is 0. The molecule has 0 saturated carbocycles. The van der Waals surface area contributed by atoms with E-state index >= 15 is 0 Å². The molecule has 11 aromatic carbocycles. The Hall–Kier alpha value is -12.2. The van der Waals surface area contributed by atoms with Crippen molar-refractivity contribution in [3.8, 4) is 68.8 Å². The van der Waals surface area contributed by atoms with E-state index in [2.05, 4.69) is 205 Å². The van der Waals surface area contributed by atoms with Crippen molar-refractivity contribution >= 4 is 87.2 Å². The van der Waals surface area contributed by atoms with Crippen molar-refractivity contribution in [3.05, 3.63) is 298 Å². The second-order valence-electron chi connectivity index (χ2n) is 21.7. The van der Waals surface area contributed by atoms with Crippen molar-refractivity contribution in [2.75, 3.05) is 0 Å². The van der Waals surface area contributed by atoms with Gasteiger partial charge in [-0.2, -0.15) is 19.9 Å². The Labute approximate surface area is 504 Å². The van der Waals surface area contributed by atoms with E-state index in [4.69, 9.17) is 29.9 Å². The molecule has 0 bridgehead atoms. The van der Waals surface area contributed by atoms with Crippen LogP contribution in [0, 0.1) is 0 Å². The highest BCUT2D eigenvalue weighted by molar-refractivity contribution is 6.14. The van der Waals surface area contributed by atoms with Crippen LogP contribution in [0.3, 0.4) is 0 Å². The maximum atomic E-state index is 5.06. The summed E-state index contributed by atoms with van der Waals surface area (Å²) in [5.41, 5.74) is 14.8. The molecule has 0 N–H and O–H groups in total. The first-order chi connectivity index (χ1) is 43.7. The van der Waals surface area contributed by atoms with E-state index in [1.165, 1.54) is 43.6 Å². The van der Waals surface area contributed by atoms with Gasteiger partial charge in [0.05, 0.1) is 44.1 Å². The lowest BCUT2D eigenvalue weighted by Gasteiger charge is -2.11. The molecule has 0 spiro atoms. The second-order valence-corrected chi connectivity index (χ2v) is 21.7. The Morgan fingerprint density at radius 1 is 0.193 bits per heavy atom. The molecule has 0 aliphatic carbocycles. The number of benzene rings is 11. The lowest BCUT2D eigenvalue weighted by Crippen LogP contribution is -2.06. The van der Waals surface area contributed by atoms with Gasteiger partial charge in [0.1, 0.15) is 0 Å². The maximum Gasteiger partial charge on any atom is 0.238 e. The van der Waals surface area contributed by atoms with E-state index in [-0.39, 0.29) is 0 Å². The van der Waals surface area contributed by atoms with E-state index in [1.54, 1.807) is 12.4 Å². The molecule has 11 heteroatoms. The molecule has 7 aromatic heterocycles. The zero-order valence-corrected chi connectivity index (χ0v) is 47.2. The zero-order chi connectivity index (χ0) is 58.1. The van der Waals surface area contributed by atoms with E-state index in [0.29, 0.717) is 35.2 Å². The van der Waals surface area contributed by atoms with Gasteiger partial charge >= 0.3 is 0 Å². The average molecular weight is 1130 g/mol. The van der Waals surface area contributed by atoms with Gasteiger partial charge in [-0.25, -0.2) is 9.97 Å². The quantitative estimate of drug-likeness (QED) is 0.149. The molecule has 88 heavy (non-hydrogen) atoms. The van der Waals surface area contributed by atoms with Crippen LogP contribution in [0.4, 0.5) is 0 Å². The highest BCUT2D eigenvalue weighted by Crippen LogP contribution is 2.40. The largest absolute Gasteiger partial charge is 0.309 e. The third-order valence-corrected chi connectivity index (χ3v) is 16.7. The van der Waals surface area contributed by atoms with Gasteiger partial charge in [-0.05, 0) is 84.9 Å². The lowest BCUT2D eigenvalue weighted by atomic mass is 10.1. The molecule has 0 saturated heterocycles. The van der Waals surface area contributed by atoms with Crippen LogP contribution >= 0.6 is 0 Å². The molecule has 0 amide bonds. The average Bonchev–Trinajstić information content (AvgIpc) is 1.90. The van der Waals surface area contributed by atoms with Crippen molar-refractivity contribution in [2.45, 2.75) is 0 Å². The molecule has 0 radical (unpaired) electrons. The number of fused-ring (bicyclic) bond motifs is 12. The Morgan fingerprint density at radius 3 is 0.761 bits per heavy atom. The van der Waals surface area contributed by atoms with Crippen LogP contribution in [0.15, 0.2) is 298 Å². The lowest BCUT2D eigenvalue weighted by molar-refractivity contribution is 0.952. The van der Waals surface area contributed by atoms with Crippen molar-refractivity contribution in [2.24, 2.45) is 0 Å². The van der Waals surface area contributed by atoms with Crippen molar-refractivity contribution in [3.63, 3.8) is 0 Å².